The largest absolute Gasteiger partial charge is 0.354 e. The normalized spacial score (nSPS) is 21.7. The molecule has 1 heterocycles. The van der Waals surface area contributed by atoms with Gasteiger partial charge in [0.15, 0.2) is 5.96 Å². The Balaban J connectivity index is 1.64. The number of hydrogen-bond donors (Lipinski definition) is 2. The quantitative estimate of drug-likeness (QED) is 0.878. The Kier molecular flexibility index (Phi) is 4.67. The molecule has 0 radical (unpaired) electrons. The molecule has 1 aliphatic carbocycles. The molecule has 1 aromatic carbocycles. The highest BCUT2D eigenvalue weighted by molar-refractivity contribution is 5.81. The average molecular weight is 300 g/mol. The van der Waals surface area contributed by atoms with Crippen LogP contribution in [0.2, 0.25) is 0 Å². The lowest BCUT2D eigenvalue weighted by Gasteiger charge is -2.35. The molecule has 2 N–H and O–H groups in total. The Morgan fingerprint density at radius 2 is 1.95 bits per heavy atom. The molecular formula is C18H28N4. The molecule has 2 aliphatic rings. The Morgan fingerprint density at radius 1 is 1.23 bits per heavy atom. The molecule has 0 amide bonds. The molecule has 0 bridgehead atoms. The van der Waals surface area contributed by atoms with Gasteiger partial charge in [-0.2, -0.15) is 0 Å². The first-order valence-corrected chi connectivity index (χ1v) is 8.51. The first-order chi connectivity index (χ1) is 10.7. The zero-order valence-electron chi connectivity index (χ0n) is 13.8. The van der Waals surface area contributed by atoms with Gasteiger partial charge >= 0.3 is 0 Å². The highest BCUT2D eigenvalue weighted by atomic mass is 15.3. The van der Waals surface area contributed by atoms with Gasteiger partial charge in [0.25, 0.3) is 0 Å². The van der Waals surface area contributed by atoms with Crippen LogP contribution in [-0.2, 0) is 0 Å². The summed E-state index contributed by atoms with van der Waals surface area (Å²) in [4.78, 5) is 6.76. The van der Waals surface area contributed by atoms with Crippen molar-refractivity contribution >= 4 is 5.96 Å². The van der Waals surface area contributed by atoms with E-state index in [1.54, 1.807) is 0 Å². The van der Waals surface area contributed by atoms with E-state index in [4.69, 9.17) is 0 Å². The zero-order valence-corrected chi connectivity index (χ0v) is 13.8. The Bertz CT molecular complexity index is 505. The molecule has 1 atom stereocenters. The van der Waals surface area contributed by atoms with Gasteiger partial charge in [-0.05, 0) is 25.3 Å². The second-order valence-electron chi connectivity index (χ2n) is 6.74. The number of likely N-dealkylation sites (N-methyl/N-ethyl adjacent to an activating group) is 1. The second-order valence-corrected chi connectivity index (χ2v) is 6.74. The van der Waals surface area contributed by atoms with Gasteiger partial charge in [0.1, 0.15) is 0 Å². The van der Waals surface area contributed by atoms with E-state index in [9.17, 15) is 0 Å². The fourth-order valence-electron chi connectivity index (χ4n) is 3.68. The lowest BCUT2D eigenvalue weighted by atomic mass is 9.94. The van der Waals surface area contributed by atoms with E-state index in [0.717, 1.165) is 25.6 Å². The van der Waals surface area contributed by atoms with E-state index in [1.165, 1.54) is 31.2 Å². The van der Waals surface area contributed by atoms with Crippen LogP contribution >= 0.6 is 0 Å². The smallest absolute Gasteiger partial charge is 0.193 e. The van der Waals surface area contributed by atoms with Crippen LogP contribution in [0.15, 0.2) is 35.3 Å². The van der Waals surface area contributed by atoms with Crippen LogP contribution in [0.4, 0.5) is 0 Å². The van der Waals surface area contributed by atoms with Gasteiger partial charge in [0.2, 0.25) is 0 Å². The summed E-state index contributed by atoms with van der Waals surface area (Å²) in [5.41, 5.74) is 1.56. The molecule has 0 spiro atoms. The first kappa shape index (κ1) is 15.3. The molecule has 1 aromatic rings. The van der Waals surface area contributed by atoms with Crippen LogP contribution < -0.4 is 10.6 Å². The van der Waals surface area contributed by atoms with Crippen molar-refractivity contribution in [3.05, 3.63) is 35.9 Å². The summed E-state index contributed by atoms with van der Waals surface area (Å²) < 4.78 is 0. The second kappa shape index (κ2) is 6.69. The zero-order chi connectivity index (χ0) is 15.4. The molecule has 4 nitrogen and oxygen atoms in total. The number of aliphatic imine (C=N–C) groups is 1. The third-order valence-corrected chi connectivity index (χ3v) is 5.03. The lowest BCUT2D eigenvalue weighted by Crippen LogP contribution is -2.53. The monoisotopic (exact) mass is 300 g/mol. The fraction of sp³-hybridized carbons (Fsp3) is 0.611. The maximum atomic E-state index is 4.55. The number of nitrogens with zero attached hydrogens (tertiary/aromatic N) is 2. The van der Waals surface area contributed by atoms with Gasteiger partial charge in [-0.25, -0.2) is 0 Å². The van der Waals surface area contributed by atoms with Crippen molar-refractivity contribution in [3.63, 3.8) is 0 Å². The van der Waals surface area contributed by atoms with Crippen LogP contribution in [-0.4, -0.2) is 43.1 Å². The molecule has 1 saturated carbocycles. The first-order valence-electron chi connectivity index (χ1n) is 8.51. The summed E-state index contributed by atoms with van der Waals surface area (Å²) in [5, 5.41) is 7.50. The molecule has 120 valence electrons. The summed E-state index contributed by atoms with van der Waals surface area (Å²) in [7, 11) is 2.11. The summed E-state index contributed by atoms with van der Waals surface area (Å²) in [5.74, 6) is 1.06. The number of rotatable bonds is 5. The predicted molar refractivity (Wildman–Crippen MR) is 92.1 cm³/mol. The molecule has 0 aromatic heterocycles. The van der Waals surface area contributed by atoms with Crippen LogP contribution in [0.5, 0.6) is 0 Å². The summed E-state index contributed by atoms with van der Waals surface area (Å²) in [6, 6.07) is 11.1. The Morgan fingerprint density at radius 3 is 2.59 bits per heavy atom. The minimum Gasteiger partial charge on any atom is -0.354 e. The standard InChI is InChI=1S/C18H28N4/c1-15(16-8-4-3-5-9-16)21-18(10-6-7-11-18)14-20-17-19-12-13-22(17)2/h3-5,8-9,15,21H,6-7,10-14H2,1-2H3,(H,19,20). The van der Waals surface area contributed by atoms with Gasteiger partial charge in [0, 0.05) is 31.7 Å². The van der Waals surface area contributed by atoms with E-state index in [1.807, 2.05) is 0 Å². The molecule has 4 heteroatoms. The SMILES string of the molecule is CC(NC1(CNC2=NCCN2C)CCCC1)c1ccccc1. The average Bonchev–Trinajstić information content (AvgIpc) is 3.16. The molecular weight excluding hydrogens is 272 g/mol. The third kappa shape index (κ3) is 3.43. The molecule has 22 heavy (non-hydrogen) atoms. The maximum Gasteiger partial charge on any atom is 0.193 e. The van der Waals surface area contributed by atoms with Crippen molar-refractivity contribution in [1.82, 2.24) is 15.5 Å². The molecule has 1 unspecified atom stereocenters. The summed E-state index contributed by atoms with van der Waals surface area (Å²) >= 11 is 0. The topological polar surface area (TPSA) is 39.7 Å². The van der Waals surface area contributed by atoms with E-state index in [2.05, 4.69) is 64.8 Å². The van der Waals surface area contributed by atoms with Gasteiger partial charge in [-0.15, -0.1) is 0 Å². The predicted octanol–water partition coefficient (Wildman–Crippen LogP) is 2.54. The summed E-state index contributed by atoms with van der Waals surface area (Å²) in [6.07, 6.45) is 5.12. The maximum absolute atomic E-state index is 4.55. The van der Waals surface area contributed by atoms with Crippen LogP contribution in [0.3, 0.4) is 0 Å². The van der Waals surface area contributed by atoms with Crippen molar-refractivity contribution in [1.29, 1.82) is 0 Å². The van der Waals surface area contributed by atoms with Crippen molar-refractivity contribution in [2.45, 2.75) is 44.2 Å². The highest BCUT2D eigenvalue weighted by Crippen LogP contribution is 2.31. The van der Waals surface area contributed by atoms with E-state index >= 15 is 0 Å². The van der Waals surface area contributed by atoms with Gasteiger partial charge in [0.05, 0.1) is 6.54 Å². The van der Waals surface area contributed by atoms with E-state index in [0.29, 0.717) is 6.04 Å². The minimum atomic E-state index is 0.196. The third-order valence-electron chi connectivity index (χ3n) is 5.03. The fourth-order valence-corrected chi connectivity index (χ4v) is 3.68. The van der Waals surface area contributed by atoms with Gasteiger partial charge in [-0.1, -0.05) is 43.2 Å². The van der Waals surface area contributed by atoms with Crippen molar-refractivity contribution in [3.8, 4) is 0 Å². The number of benzene rings is 1. The van der Waals surface area contributed by atoms with Gasteiger partial charge in [-0.3, -0.25) is 4.99 Å². The van der Waals surface area contributed by atoms with E-state index < -0.39 is 0 Å². The molecule has 0 saturated heterocycles. The lowest BCUT2D eigenvalue weighted by molar-refractivity contribution is 0.295. The number of hydrogen-bond acceptors (Lipinski definition) is 4. The Labute approximate surface area is 134 Å². The summed E-state index contributed by atoms with van der Waals surface area (Å²) in [6.45, 7) is 5.19. The van der Waals surface area contributed by atoms with Gasteiger partial charge < -0.3 is 15.5 Å². The minimum absolute atomic E-state index is 0.196. The number of guanidine groups is 1. The molecule has 1 fully saturated rings. The Hall–Kier alpha value is -1.55. The molecule has 1 aliphatic heterocycles. The van der Waals surface area contributed by atoms with Crippen molar-refractivity contribution in [2.75, 3.05) is 26.7 Å². The highest BCUT2D eigenvalue weighted by Gasteiger charge is 2.35. The van der Waals surface area contributed by atoms with E-state index in [-0.39, 0.29) is 5.54 Å². The van der Waals surface area contributed by atoms with Crippen LogP contribution in [0.25, 0.3) is 0 Å². The number of nitrogens with one attached hydrogen (secondary N) is 2. The van der Waals surface area contributed by atoms with Crippen LogP contribution in [0.1, 0.15) is 44.2 Å². The van der Waals surface area contributed by atoms with Crippen molar-refractivity contribution in [2.24, 2.45) is 4.99 Å². The van der Waals surface area contributed by atoms with Crippen LogP contribution in [0, 0.1) is 0 Å². The molecule has 3 rings (SSSR count). The van der Waals surface area contributed by atoms with Crippen molar-refractivity contribution < 1.29 is 0 Å².